The van der Waals surface area contributed by atoms with Crippen molar-refractivity contribution in [2.24, 2.45) is 0 Å². The van der Waals surface area contributed by atoms with Crippen LogP contribution in [0.1, 0.15) is 33.1 Å². The summed E-state index contributed by atoms with van der Waals surface area (Å²) in [4.78, 5) is 2.49. The van der Waals surface area contributed by atoms with Crippen LogP contribution in [0.3, 0.4) is 0 Å². The average Bonchev–Trinajstić information content (AvgIpc) is 2.40. The normalized spacial score (nSPS) is 30.8. The van der Waals surface area contributed by atoms with Gasteiger partial charge in [-0.2, -0.15) is 0 Å². The van der Waals surface area contributed by atoms with Crippen LogP contribution in [0.15, 0.2) is 0 Å². The summed E-state index contributed by atoms with van der Waals surface area (Å²) in [5, 5.41) is 3.51. The number of ether oxygens (including phenoxy) is 2. The van der Waals surface area contributed by atoms with Crippen molar-refractivity contribution < 1.29 is 9.47 Å². The zero-order valence-electron chi connectivity index (χ0n) is 11.9. The van der Waals surface area contributed by atoms with E-state index in [1.165, 1.54) is 19.3 Å². The Morgan fingerprint density at radius 3 is 2.61 bits per heavy atom. The Balaban J connectivity index is 1.60. The lowest BCUT2D eigenvalue weighted by molar-refractivity contribution is -0.0401. The van der Waals surface area contributed by atoms with Crippen LogP contribution in [-0.4, -0.2) is 62.5 Å². The Labute approximate surface area is 111 Å². The first-order valence-corrected chi connectivity index (χ1v) is 7.43. The van der Waals surface area contributed by atoms with Gasteiger partial charge in [0, 0.05) is 38.8 Å². The molecule has 2 heterocycles. The van der Waals surface area contributed by atoms with E-state index in [0.717, 1.165) is 39.4 Å². The summed E-state index contributed by atoms with van der Waals surface area (Å²) in [6, 6.07) is 0.623. The smallest absolute Gasteiger partial charge is 0.0826 e. The molecule has 0 aromatic heterocycles. The van der Waals surface area contributed by atoms with Gasteiger partial charge in [-0.3, -0.25) is 4.90 Å². The minimum Gasteiger partial charge on any atom is -0.377 e. The van der Waals surface area contributed by atoms with E-state index in [2.05, 4.69) is 24.1 Å². The molecule has 0 radical (unpaired) electrons. The number of nitrogens with zero attached hydrogens (tertiary/aromatic N) is 1. The van der Waals surface area contributed by atoms with E-state index in [9.17, 15) is 0 Å². The van der Waals surface area contributed by atoms with E-state index in [-0.39, 0.29) is 0 Å². The zero-order chi connectivity index (χ0) is 12.8. The summed E-state index contributed by atoms with van der Waals surface area (Å²) in [6.45, 7) is 10.4. The Morgan fingerprint density at radius 2 is 1.89 bits per heavy atom. The lowest BCUT2D eigenvalue weighted by atomic mass is 10.1. The molecule has 4 nitrogen and oxygen atoms in total. The summed E-state index contributed by atoms with van der Waals surface area (Å²) in [6.07, 6.45) is 4.50. The topological polar surface area (TPSA) is 33.7 Å². The highest BCUT2D eigenvalue weighted by atomic mass is 16.5. The van der Waals surface area contributed by atoms with Crippen molar-refractivity contribution in [3.05, 3.63) is 0 Å². The highest BCUT2D eigenvalue weighted by Crippen LogP contribution is 2.12. The SMILES string of the molecule is CC(C)N1CCOC(CNCC2CCCCO2)C1. The fourth-order valence-corrected chi connectivity index (χ4v) is 2.71. The van der Waals surface area contributed by atoms with Crippen molar-refractivity contribution in [3.63, 3.8) is 0 Å². The van der Waals surface area contributed by atoms with Gasteiger partial charge in [-0.1, -0.05) is 0 Å². The van der Waals surface area contributed by atoms with Crippen LogP contribution in [0.5, 0.6) is 0 Å². The van der Waals surface area contributed by atoms with Crippen LogP contribution < -0.4 is 5.32 Å². The van der Waals surface area contributed by atoms with Gasteiger partial charge >= 0.3 is 0 Å². The van der Waals surface area contributed by atoms with Crippen LogP contribution in [0, 0.1) is 0 Å². The van der Waals surface area contributed by atoms with Gasteiger partial charge in [0.25, 0.3) is 0 Å². The second-order valence-electron chi connectivity index (χ2n) is 5.73. The minimum atomic E-state index is 0.338. The largest absolute Gasteiger partial charge is 0.377 e. The number of nitrogens with one attached hydrogen (secondary N) is 1. The highest BCUT2D eigenvalue weighted by Gasteiger charge is 2.22. The van der Waals surface area contributed by atoms with Crippen molar-refractivity contribution in [2.75, 3.05) is 39.4 Å². The first-order chi connectivity index (χ1) is 8.75. The molecule has 4 heteroatoms. The fraction of sp³-hybridized carbons (Fsp3) is 1.00. The molecule has 0 amide bonds. The third kappa shape index (κ3) is 4.50. The number of morpholine rings is 1. The highest BCUT2D eigenvalue weighted by molar-refractivity contribution is 4.76. The summed E-state index contributed by atoms with van der Waals surface area (Å²) in [5.41, 5.74) is 0. The molecular weight excluding hydrogens is 228 g/mol. The molecule has 2 aliphatic rings. The maximum atomic E-state index is 5.80. The molecule has 1 N–H and O–H groups in total. The molecule has 2 atom stereocenters. The standard InChI is InChI=1S/C14H28N2O2/c1-12(2)16-6-8-18-14(11-16)10-15-9-13-5-3-4-7-17-13/h12-15H,3-11H2,1-2H3. The van der Waals surface area contributed by atoms with E-state index >= 15 is 0 Å². The Kier molecular flexibility index (Phi) is 5.89. The fourth-order valence-electron chi connectivity index (χ4n) is 2.71. The van der Waals surface area contributed by atoms with Gasteiger partial charge in [-0.05, 0) is 33.1 Å². The number of rotatable bonds is 5. The van der Waals surface area contributed by atoms with Crippen molar-refractivity contribution in [3.8, 4) is 0 Å². The van der Waals surface area contributed by atoms with Crippen LogP contribution in [0.4, 0.5) is 0 Å². The van der Waals surface area contributed by atoms with E-state index in [1.807, 2.05) is 0 Å². The van der Waals surface area contributed by atoms with Crippen molar-refractivity contribution in [2.45, 2.75) is 51.4 Å². The van der Waals surface area contributed by atoms with E-state index in [0.29, 0.717) is 18.2 Å². The first kappa shape index (κ1) is 14.3. The molecule has 0 aromatic carbocycles. The molecule has 2 fully saturated rings. The lowest BCUT2D eigenvalue weighted by Crippen LogP contribution is -2.49. The van der Waals surface area contributed by atoms with Crippen LogP contribution in [0.25, 0.3) is 0 Å². The van der Waals surface area contributed by atoms with E-state index in [4.69, 9.17) is 9.47 Å². The molecule has 0 aromatic rings. The van der Waals surface area contributed by atoms with Gasteiger partial charge < -0.3 is 14.8 Å². The molecule has 2 aliphatic heterocycles. The van der Waals surface area contributed by atoms with Gasteiger partial charge in [-0.25, -0.2) is 0 Å². The minimum absolute atomic E-state index is 0.338. The van der Waals surface area contributed by atoms with Gasteiger partial charge in [0.05, 0.1) is 18.8 Å². The summed E-state index contributed by atoms with van der Waals surface area (Å²) < 4.78 is 11.5. The van der Waals surface area contributed by atoms with Crippen molar-refractivity contribution in [1.29, 1.82) is 0 Å². The third-order valence-electron chi connectivity index (χ3n) is 3.92. The first-order valence-electron chi connectivity index (χ1n) is 7.43. The molecular formula is C14H28N2O2. The molecule has 2 saturated heterocycles. The Bertz CT molecular complexity index is 230. The predicted molar refractivity (Wildman–Crippen MR) is 72.9 cm³/mol. The Hall–Kier alpha value is -0.160. The molecule has 0 bridgehead atoms. The summed E-state index contributed by atoms with van der Waals surface area (Å²) in [7, 11) is 0. The number of hydrogen-bond donors (Lipinski definition) is 1. The molecule has 0 aliphatic carbocycles. The number of hydrogen-bond acceptors (Lipinski definition) is 4. The van der Waals surface area contributed by atoms with Crippen LogP contribution in [-0.2, 0) is 9.47 Å². The molecule has 2 unspecified atom stereocenters. The van der Waals surface area contributed by atoms with Gasteiger partial charge in [0.1, 0.15) is 0 Å². The summed E-state index contributed by atoms with van der Waals surface area (Å²) in [5.74, 6) is 0. The molecule has 0 spiro atoms. The van der Waals surface area contributed by atoms with Gasteiger partial charge in [0.15, 0.2) is 0 Å². The van der Waals surface area contributed by atoms with E-state index in [1.54, 1.807) is 0 Å². The zero-order valence-corrected chi connectivity index (χ0v) is 11.9. The Morgan fingerprint density at radius 1 is 1.11 bits per heavy atom. The second kappa shape index (κ2) is 7.43. The third-order valence-corrected chi connectivity index (χ3v) is 3.92. The maximum absolute atomic E-state index is 5.80. The molecule has 2 rings (SSSR count). The predicted octanol–water partition coefficient (Wildman–Crippen LogP) is 1.25. The van der Waals surface area contributed by atoms with Crippen LogP contribution >= 0.6 is 0 Å². The average molecular weight is 256 g/mol. The molecule has 18 heavy (non-hydrogen) atoms. The lowest BCUT2D eigenvalue weighted by Gasteiger charge is -2.35. The second-order valence-corrected chi connectivity index (χ2v) is 5.73. The van der Waals surface area contributed by atoms with Crippen molar-refractivity contribution >= 4 is 0 Å². The summed E-state index contributed by atoms with van der Waals surface area (Å²) >= 11 is 0. The van der Waals surface area contributed by atoms with Gasteiger partial charge in [-0.15, -0.1) is 0 Å². The van der Waals surface area contributed by atoms with Crippen LogP contribution in [0.2, 0.25) is 0 Å². The van der Waals surface area contributed by atoms with Crippen molar-refractivity contribution in [1.82, 2.24) is 10.2 Å². The maximum Gasteiger partial charge on any atom is 0.0826 e. The molecule has 0 saturated carbocycles. The van der Waals surface area contributed by atoms with E-state index < -0.39 is 0 Å². The quantitative estimate of drug-likeness (QED) is 0.803. The van der Waals surface area contributed by atoms with Gasteiger partial charge in [0.2, 0.25) is 0 Å². The molecule has 106 valence electrons. The monoisotopic (exact) mass is 256 g/mol.